The summed E-state index contributed by atoms with van der Waals surface area (Å²) >= 11 is 0. The van der Waals surface area contributed by atoms with Crippen molar-refractivity contribution >= 4 is 35.0 Å². The molecule has 1 heterocycles. The standard InChI is InChI=1S/C29H30N4O5/c1-19-7-2-3-8-22(19)28(36)32-21-14-12-20(13-15-21)29(37)33-16-6-11-25(23-9-4-5-10-24(23)33)38-18-27(35)31-17-26(30)34/h2-5,7-10,12-15,25H,6,11,16-18H2,1H3,(H2,30,34)(H,31,35)(H,32,36). The lowest BCUT2D eigenvalue weighted by molar-refractivity contribution is -0.130. The van der Waals surface area contributed by atoms with Crippen molar-refractivity contribution in [1.29, 1.82) is 0 Å². The number of nitrogens with two attached hydrogens (primary N) is 1. The van der Waals surface area contributed by atoms with Crippen molar-refractivity contribution < 1.29 is 23.9 Å². The van der Waals surface area contributed by atoms with E-state index in [4.69, 9.17) is 10.5 Å². The van der Waals surface area contributed by atoms with Crippen LogP contribution in [0.3, 0.4) is 0 Å². The first-order valence-electron chi connectivity index (χ1n) is 12.4. The largest absolute Gasteiger partial charge is 0.368 e. The van der Waals surface area contributed by atoms with E-state index in [0.717, 1.165) is 16.8 Å². The molecule has 0 spiro atoms. The maximum absolute atomic E-state index is 13.5. The van der Waals surface area contributed by atoms with Gasteiger partial charge in [0.05, 0.1) is 12.6 Å². The third-order valence-electron chi connectivity index (χ3n) is 6.32. The zero-order chi connectivity index (χ0) is 27.1. The van der Waals surface area contributed by atoms with E-state index in [2.05, 4.69) is 10.6 Å². The van der Waals surface area contributed by atoms with Crippen molar-refractivity contribution in [3.63, 3.8) is 0 Å². The van der Waals surface area contributed by atoms with Crippen LogP contribution in [0.1, 0.15) is 50.8 Å². The molecule has 9 heteroatoms. The number of primary amides is 1. The summed E-state index contributed by atoms with van der Waals surface area (Å²) in [6.45, 7) is 1.88. The fraction of sp³-hybridized carbons (Fsp3) is 0.241. The highest BCUT2D eigenvalue weighted by Crippen LogP contribution is 2.35. The normalized spacial score (nSPS) is 14.7. The first-order chi connectivity index (χ1) is 18.3. The Morgan fingerprint density at radius 3 is 2.42 bits per heavy atom. The van der Waals surface area contributed by atoms with Crippen molar-refractivity contribution in [2.75, 3.05) is 29.9 Å². The summed E-state index contributed by atoms with van der Waals surface area (Å²) in [6.07, 6.45) is 0.897. The molecule has 196 valence electrons. The molecule has 0 aromatic heterocycles. The maximum atomic E-state index is 13.5. The number of hydrogen-bond acceptors (Lipinski definition) is 5. The molecule has 9 nitrogen and oxygen atoms in total. The van der Waals surface area contributed by atoms with Gasteiger partial charge in [0.2, 0.25) is 11.8 Å². The van der Waals surface area contributed by atoms with Crippen LogP contribution in [-0.4, -0.2) is 43.3 Å². The number of anilines is 2. The van der Waals surface area contributed by atoms with Gasteiger partial charge in [0.1, 0.15) is 6.61 Å². The molecule has 4 rings (SSSR count). The van der Waals surface area contributed by atoms with Crippen molar-refractivity contribution in [3.8, 4) is 0 Å². The number of carbonyl (C=O) groups is 4. The Labute approximate surface area is 221 Å². The fourth-order valence-electron chi connectivity index (χ4n) is 4.39. The minimum atomic E-state index is -0.631. The van der Waals surface area contributed by atoms with Gasteiger partial charge in [-0.2, -0.15) is 0 Å². The van der Waals surface area contributed by atoms with Gasteiger partial charge in [-0.3, -0.25) is 19.2 Å². The summed E-state index contributed by atoms with van der Waals surface area (Å²) in [5.41, 5.74) is 9.14. The molecular weight excluding hydrogens is 484 g/mol. The van der Waals surface area contributed by atoms with Gasteiger partial charge >= 0.3 is 0 Å². The lowest BCUT2D eigenvalue weighted by atomic mass is 10.0. The van der Waals surface area contributed by atoms with E-state index in [1.54, 1.807) is 35.2 Å². The predicted molar refractivity (Wildman–Crippen MR) is 144 cm³/mol. The molecule has 1 aliphatic rings. The highest BCUT2D eigenvalue weighted by Gasteiger charge is 2.28. The second kappa shape index (κ2) is 12.2. The van der Waals surface area contributed by atoms with Gasteiger partial charge in [0, 0.05) is 34.6 Å². The second-order valence-electron chi connectivity index (χ2n) is 9.05. The number of carbonyl (C=O) groups excluding carboxylic acids is 4. The van der Waals surface area contributed by atoms with Crippen LogP contribution in [0.2, 0.25) is 0 Å². The molecule has 4 N–H and O–H groups in total. The summed E-state index contributed by atoms with van der Waals surface area (Å²) in [6, 6.07) is 21.6. The van der Waals surface area contributed by atoms with Crippen LogP contribution in [0.4, 0.5) is 11.4 Å². The number of fused-ring (bicyclic) bond motifs is 1. The molecule has 0 aliphatic carbocycles. The second-order valence-corrected chi connectivity index (χ2v) is 9.05. The maximum Gasteiger partial charge on any atom is 0.258 e. The fourth-order valence-corrected chi connectivity index (χ4v) is 4.39. The van der Waals surface area contributed by atoms with Crippen molar-refractivity contribution in [2.45, 2.75) is 25.9 Å². The van der Waals surface area contributed by atoms with Gasteiger partial charge in [-0.25, -0.2) is 0 Å². The predicted octanol–water partition coefficient (Wildman–Crippen LogP) is 3.35. The molecule has 0 saturated carbocycles. The van der Waals surface area contributed by atoms with Crippen LogP contribution in [0.25, 0.3) is 0 Å². The van der Waals surface area contributed by atoms with Gasteiger partial charge < -0.3 is 26.0 Å². The zero-order valence-electron chi connectivity index (χ0n) is 21.1. The van der Waals surface area contributed by atoms with Crippen LogP contribution < -0.4 is 21.3 Å². The molecule has 1 unspecified atom stereocenters. The number of para-hydroxylation sites is 1. The highest BCUT2D eigenvalue weighted by molar-refractivity contribution is 6.08. The number of benzene rings is 3. The SMILES string of the molecule is Cc1ccccc1C(=O)Nc1ccc(C(=O)N2CCCC(OCC(=O)NCC(N)=O)c3ccccc32)cc1. The number of ether oxygens (including phenoxy) is 1. The summed E-state index contributed by atoms with van der Waals surface area (Å²) in [5, 5.41) is 5.28. The smallest absolute Gasteiger partial charge is 0.258 e. The molecule has 0 fully saturated rings. The summed E-state index contributed by atoms with van der Waals surface area (Å²) in [4.78, 5) is 50.8. The Kier molecular flexibility index (Phi) is 8.50. The van der Waals surface area contributed by atoms with E-state index in [-0.39, 0.29) is 31.1 Å². The molecule has 3 aromatic carbocycles. The van der Waals surface area contributed by atoms with Crippen molar-refractivity contribution in [1.82, 2.24) is 5.32 Å². The number of hydrogen-bond donors (Lipinski definition) is 3. The molecular formula is C29H30N4O5. The zero-order valence-corrected chi connectivity index (χ0v) is 21.1. The highest BCUT2D eigenvalue weighted by atomic mass is 16.5. The Balaban J connectivity index is 1.46. The number of nitrogens with zero attached hydrogens (tertiary/aromatic N) is 1. The molecule has 1 atom stereocenters. The van der Waals surface area contributed by atoms with Crippen LogP contribution in [0.5, 0.6) is 0 Å². The monoisotopic (exact) mass is 514 g/mol. The van der Waals surface area contributed by atoms with Gasteiger partial charge in [-0.1, -0.05) is 36.4 Å². The van der Waals surface area contributed by atoms with E-state index in [0.29, 0.717) is 36.2 Å². The van der Waals surface area contributed by atoms with E-state index < -0.39 is 11.8 Å². The lowest BCUT2D eigenvalue weighted by Crippen LogP contribution is -2.35. The summed E-state index contributed by atoms with van der Waals surface area (Å²) < 4.78 is 5.87. The van der Waals surface area contributed by atoms with Gasteiger partial charge in [0.25, 0.3) is 11.8 Å². The average molecular weight is 515 g/mol. The van der Waals surface area contributed by atoms with Crippen LogP contribution >= 0.6 is 0 Å². The van der Waals surface area contributed by atoms with Gasteiger partial charge in [-0.15, -0.1) is 0 Å². The van der Waals surface area contributed by atoms with Gasteiger partial charge in [0.15, 0.2) is 0 Å². The van der Waals surface area contributed by atoms with E-state index in [9.17, 15) is 19.2 Å². The Hall–Kier alpha value is -4.50. The molecule has 38 heavy (non-hydrogen) atoms. The molecule has 0 bridgehead atoms. The Bertz CT molecular complexity index is 1340. The first-order valence-corrected chi connectivity index (χ1v) is 12.4. The third-order valence-corrected chi connectivity index (χ3v) is 6.32. The number of nitrogens with one attached hydrogen (secondary N) is 2. The van der Waals surface area contributed by atoms with Crippen molar-refractivity contribution in [2.24, 2.45) is 5.73 Å². The Morgan fingerprint density at radius 2 is 1.68 bits per heavy atom. The minimum Gasteiger partial charge on any atom is -0.368 e. The number of aryl methyl sites for hydroxylation is 1. The molecule has 3 aromatic rings. The van der Waals surface area contributed by atoms with Crippen molar-refractivity contribution in [3.05, 3.63) is 95.1 Å². The van der Waals surface area contributed by atoms with Crippen LogP contribution in [-0.2, 0) is 14.3 Å². The molecule has 0 saturated heterocycles. The topological polar surface area (TPSA) is 131 Å². The van der Waals surface area contributed by atoms with Crippen LogP contribution in [0, 0.1) is 6.92 Å². The number of amides is 4. The van der Waals surface area contributed by atoms with E-state index in [1.807, 2.05) is 49.4 Å². The summed E-state index contributed by atoms with van der Waals surface area (Å²) in [5.74, 6) is -1.45. The lowest BCUT2D eigenvalue weighted by Gasteiger charge is -2.24. The third kappa shape index (κ3) is 6.43. The Morgan fingerprint density at radius 1 is 0.974 bits per heavy atom. The minimum absolute atomic E-state index is 0.172. The molecule has 0 radical (unpaired) electrons. The summed E-state index contributed by atoms with van der Waals surface area (Å²) in [7, 11) is 0. The van der Waals surface area contributed by atoms with Gasteiger partial charge in [-0.05, 0) is 61.7 Å². The van der Waals surface area contributed by atoms with E-state index in [1.165, 1.54) is 0 Å². The van der Waals surface area contributed by atoms with E-state index >= 15 is 0 Å². The van der Waals surface area contributed by atoms with Crippen LogP contribution in [0.15, 0.2) is 72.8 Å². The first kappa shape index (κ1) is 26.6. The molecule has 1 aliphatic heterocycles. The quantitative estimate of drug-likeness (QED) is 0.424. The number of rotatable bonds is 8. The average Bonchev–Trinajstić information content (AvgIpc) is 3.10. The molecule has 4 amide bonds.